The van der Waals surface area contributed by atoms with E-state index < -0.39 is 0 Å². The van der Waals surface area contributed by atoms with E-state index in [-0.39, 0.29) is 12.4 Å². The van der Waals surface area contributed by atoms with E-state index in [1.54, 1.807) is 12.7 Å². The number of rotatable bonds is 0. The Morgan fingerprint density at radius 3 is 1.71 bits per heavy atom. The van der Waals surface area contributed by atoms with Gasteiger partial charge in [-0.2, -0.15) is 0 Å². The molecular formula is C12H21ClN8. The number of aromatic nitrogens is 6. The Morgan fingerprint density at radius 2 is 1.29 bits per heavy atom. The van der Waals surface area contributed by atoms with Crippen molar-refractivity contribution in [2.45, 2.75) is 50.9 Å². The average molecular weight is 313 g/mol. The highest BCUT2D eigenvalue weighted by molar-refractivity contribution is 5.85. The molecule has 2 aliphatic rings. The lowest BCUT2D eigenvalue weighted by atomic mass is 10.1. The van der Waals surface area contributed by atoms with Crippen LogP contribution in [0.5, 0.6) is 0 Å². The van der Waals surface area contributed by atoms with Crippen LogP contribution in [0.15, 0.2) is 12.7 Å². The van der Waals surface area contributed by atoms with Gasteiger partial charge in [0.25, 0.3) is 0 Å². The molecule has 0 amide bonds. The maximum atomic E-state index is 5.73. The molecule has 0 spiro atoms. The molecule has 0 aromatic carbocycles. The Kier molecular flexibility index (Phi) is 5.27. The Balaban J connectivity index is 0.000000147. The van der Waals surface area contributed by atoms with Gasteiger partial charge >= 0.3 is 0 Å². The maximum absolute atomic E-state index is 5.73. The molecule has 9 heteroatoms. The number of fused-ring (bicyclic) bond motifs is 2. The van der Waals surface area contributed by atoms with Gasteiger partial charge in [-0.1, -0.05) is 0 Å². The van der Waals surface area contributed by atoms with Crippen LogP contribution in [0.3, 0.4) is 0 Å². The molecule has 0 radical (unpaired) electrons. The van der Waals surface area contributed by atoms with Crippen LogP contribution < -0.4 is 11.5 Å². The zero-order valence-electron chi connectivity index (χ0n) is 11.8. The second-order valence-electron chi connectivity index (χ2n) is 5.40. The first-order valence-corrected chi connectivity index (χ1v) is 6.97. The molecule has 21 heavy (non-hydrogen) atoms. The van der Waals surface area contributed by atoms with Crippen molar-refractivity contribution in [3.05, 3.63) is 24.3 Å². The van der Waals surface area contributed by atoms with Crippen LogP contribution in [-0.2, 0) is 25.9 Å². The fourth-order valence-corrected chi connectivity index (χ4v) is 2.57. The van der Waals surface area contributed by atoms with E-state index in [4.69, 9.17) is 11.5 Å². The molecule has 2 aromatic heterocycles. The van der Waals surface area contributed by atoms with Gasteiger partial charge in [-0.3, -0.25) is 0 Å². The summed E-state index contributed by atoms with van der Waals surface area (Å²) in [5, 5.41) is 15.5. The predicted octanol–water partition coefficient (Wildman–Crippen LogP) is -0.475. The smallest absolute Gasteiger partial charge is 0.132 e. The van der Waals surface area contributed by atoms with Crippen LogP contribution in [-0.4, -0.2) is 41.6 Å². The zero-order chi connectivity index (χ0) is 13.9. The fourth-order valence-electron chi connectivity index (χ4n) is 2.57. The van der Waals surface area contributed by atoms with Crippen LogP contribution in [0, 0.1) is 0 Å². The monoisotopic (exact) mass is 312 g/mol. The molecule has 4 rings (SSSR count). The summed E-state index contributed by atoms with van der Waals surface area (Å²) >= 11 is 0. The molecule has 0 aliphatic carbocycles. The van der Waals surface area contributed by atoms with Crippen LogP contribution in [0.25, 0.3) is 0 Å². The molecule has 0 saturated carbocycles. The number of hydrogen-bond donors (Lipinski definition) is 2. The number of hydrogen-bond acceptors (Lipinski definition) is 6. The van der Waals surface area contributed by atoms with Crippen molar-refractivity contribution >= 4 is 12.4 Å². The van der Waals surface area contributed by atoms with Crippen LogP contribution in [0.2, 0.25) is 0 Å². The van der Waals surface area contributed by atoms with E-state index in [1.165, 1.54) is 0 Å². The number of nitrogens with zero attached hydrogens (tertiary/aromatic N) is 6. The van der Waals surface area contributed by atoms with Gasteiger partial charge in [-0.05, 0) is 12.8 Å². The Morgan fingerprint density at radius 1 is 0.857 bits per heavy atom. The van der Waals surface area contributed by atoms with Gasteiger partial charge in [-0.25, -0.2) is 0 Å². The fraction of sp³-hybridized carbons (Fsp3) is 0.667. The highest BCUT2D eigenvalue weighted by atomic mass is 35.5. The largest absolute Gasteiger partial charge is 0.326 e. The number of aryl methyl sites for hydroxylation is 2. The van der Waals surface area contributed by atoms with Crippen molar-refractivity contribution in [1.29, 1.82) is 0 Å². The third-order valence-electron chi connectivity index (χ3n) is 3.73. The van der Waals surface area contributed by atoms with Crippen LogP contribution >= 0.6 is 12.4 Å². The summed E-state index contributed by atoms with van der Waals surface area (Å²) in [7, 11) is 0. The summed E-state index contributed by atoms with van der Waals surface area (Å²) in [6.07, 6.45) is 7.52. The van der Waals surface area contributed by atoms with Gasteiger partial charge in [0, 0.05) is 38.0 Å². The highest BCUT2D eigenvalue weighted by Crippen LogP contribution is 2.10. The average Bonchev–Trinajstić information content (AvgIpc) is 3.06. The standard InChI is InChI=1S/2C6H10N4.ClH/c2*7-5-1-2-6-9-8-4-10(6)3-5;/h2*4-5H,1-3,7H2;1H. The molecule has 0 saturated heterocycles. The van der Waals surface area contributed by atoms with Gasteiger partial charge in [0.15, 0.2) is 0 Å². The minimum absolute atomic E-state index is 0. The minimum Gasteiger partial charge on any atom is -0.326 e. The quantitative estimate of drug-likeness (QED) is 0.679. The lowest BCUT2D eigenvalue weighted by Crippen LogP contribution is -2.31. The zero-order valence-corrected chi connectivity index (χ0v) is 12.6. The van der Waals surface area contributed by atoms with E-state index in [0.717, 1.165) is 50.4 Å². The number of halogens is 1. The van der Waals surface area contributed by atoms with Crippen molar-refractivity contribution in [3.8, 4) is 0 Å². The van der Waals surface area contributed by atoms with E-state index in [2.05, 4.69) is 20.4 Å². The molecule has 4 heterocycles. The lowest BCUT2D eigenvalue weighted by molar-refractivity contribution is 0.453. The molecular weight excluding hydrogens is 292 g/mol. The molecule has 8 nitrogen and oxygen atoms in total. The van der Waals surface area contributed by atoms with E-state index in [0.29, 0.717) is 12.1 Å². The van der Waals surface area contributed by atoms with Gasteiger partial charge in [-0.15, -0.1) is 32.8 Å². The van der Waals surface area contributed by atoms with Crippen molar-refractivity contribution in [2.24, 2.45) is 11.5 Å². The third kappa shape index (κ3) is 3.78. The van der Waals surface area contributed by atoms with Gasteiger partial charge in [0.05, 0.1) is 0 Å². The molecule has 4 N–H and O–H groups in total. The molecule has 2 unspecified atom stereocenters. The SMILES string of the molecule is Cl.NC1CCc2nncn2C1.NC1CCc2nncn2C1. The van der Waals surface area contributed by atoms with E-state index >= 15 is 0 Å². The van der Waals surface area contributed by atoms with Crippen molar-refractivity contribution in [1.82, 2.24) is 29.5 Å². The summed E-state index contributed by atoms with van der Waals surface area (Å²) in [5.74, 6) is 2.14. The van der Waals surface area contributed by atoms with E-state index in [1.807, 2.05) is 9.13 Å². The summed E-state index contributed by atoms with van der Waals surface area (Å²) in [5.41, 5.74) is 11.5. The first kappa shape index (κ1) is 15.9. The molecule has 2 atom stereocenters. The summed E-state index contributed by atoms with van der Waals surface area (Å²) in [4.78, 5) is 0. The second-order valence-corrected chi connectivity index (χ2v) is 5.40. The van der Waals surface area contributed by atoms with Gasteiger partial charge in [0.2, 0.25) is 0 Å². The summed E-state index contributed by atoms with van der Waals surface area (Å²) < 4.78 is 4.04. The molecule has 2 aromatic rings. The van der Waals surface area contributed by atoms with Crippen LogP contribution in [0.1, 0.15) is 24.5 Å². The normalized spacial score (nSPS) is 23.1. The van der Waals surface area contributed by atoms with E-state index in [9.17, 15) is 0 Å². The Bertz CT molecular complexity index is 515. The van der Waals surface area contributed by atoms with Crippen molar-refractivity contribution in [3.63, 3.8) is 0 Å². The topological polar surface area (TPSA) is 113 Å². The summed E-state index contributed by atoms with van der Waals surface area (Å²) in [6, 6.07) is 0.590. The Hall–Kier alpha value is -1.51. The molecule has 0 bridgehead atoms. The first-order valence-electron chi connectivity index (χ1n) is 6.97. The first-order chi connectivity index (χ1) is 9.72. The van der Waals surface area contributed by atoms with Crippen LogP contribution in [0.4, 0.5) is 0 Å². The molecule has 2 aliphatic heterocycles. The molecule has 0 fully saturated rings. The van der Waals surface area contributed by atoms with Crippen molar-refractivity contribution < 1.29 is 0 Å². The van der Waals surface area contributed by atoms with Gasteiger partial charge in [0.1, 0.15) is 24.3 Å². The Labute approximate surface area is 129 Å². The minimum atomic E-state index is 0. The predicted molar refractivity (Wildman–Crippen MR) is 79.9 cm³/mol. The molecule has 116 valence electrons. The highest BCUT2D eigenvalue weighted by Gasteiger charge is 2.15. The van der Waals surface area contributed by atoms with Gasteiger partial charge < -0.3 is 20.6 Å². The number of nitrogens with two attached hydrogens (primary N) is 2. The third-order valence-corrected chi connectivity index (χ3v) is 3.73. The second kappa shape index (κ2) is 6.97. The maximum Gasteiger partial charge on any atom is 0.132 e. The lowest BCUT2D eigenvalue weighted by Gasteiger charge is -2.18. The summed E-state index contributed by atoms with van der Waals surface area (Å²) in [6.45, 7) is 1.75. The van der Waals surface area contributed by atoms with Crippen molar-refractivity contribution in [2.75, 3.05) is 0 Å².